The monoisotopic (exact) mass is 232 g/mol. The van der Waals surface area contributed by atoms with Gasteiger partial charge in [-0.05, 0) is 25.8 Å². The van der Waals surface area contributed by atoms with Gasteiger partial charge < -0.3 is 5.11 Å². The summed E-state index contributed by atoms with van der Waals surface area (Å²) in [6.07, 6.45) is 3.75. The maximum Gasteiger partial charge on any atom is 0.317 e. The smallest absolute Gasteiger partial charge is 0.317 e. The second kappa shape index (κ2) is 5.43. The molecule has 3 nitrogen and oxygen atoms in total. The fourth-order valence-electron chi connectivity index (χ4n) is 1.38. The number of benzene rings is 1. The van der Waals surface area contributed by atoms with Crippen molar-refractivity contribution in [2.24, 2.45) is 5.41 Å². The summed E-state index contributed by atoms with van der Waals surface area (Å²) in [5.74, 6) is -1.41. The van der Waals surface area contributed by atoms with Crippen LogP contribution in [-0.2, 0) is 9.59 Å². The van der Waals surface area contributed by atoms with Gasteiger partial charge in [-0.15, -0.1) is 0 Å². The molecule has 1 aromatic carbocycles. The van der Waals surface area contributed by atoms with Gasteiger partial charge in [0.25, 0.3) is 0 Å². The highest BCUT2D eigenvalue weighted by Gasteiger charge is 2.36. The average Bonchev–Trinajstić information content (AvgIpc) is 2.29. The van der Waals surface area contributed by atoms with E-state index in [0.29, 0.717) is 0 Å². The number of allylic oxidation sites excluding steroid dienone is 1. The van der Waals surface area contributed by atoms with Crippen molar-refractivity contribution in [2.75, 3.05) is 0 Å². The Kier molecular flexibility index (Phi) is 4.21. The molecule has 0 bridgehead atoms. The van der Waals surface area contributed by atoms with Gasteiger partial charge in [0.2, 0.25) is 0 Å². The lowest BCUT2D eigenvalue weighted by Gasteiger charge is -2.19. The third-order valence-electron chi connectivity index (χ3n) is 2.89. The zero-order valence-corrected chi connectivity index (χ0v) is 10.0. The van der Waals surface area contributed by atoms with Gasteiger partial charge in [-0.25, -0.2) is 0 Å². The van der Waals surface area contributed by atoms with Gasteiger partial charge in [-0.2, -0.15) is 0 Å². The summed E-state index contributed by atoms with van der Waals surface area (Å²) in [5.41, 5.74) is -0.338. The molecule has 1 aromatic rings. The number of rotatable bonds is 5. The molecule has 0 saturated carbocycles. The third kappa shape index (κ3) is 3.28. The number of aliphatic carboxylic acids is 1. The van der Waals surface area contributed by atoms with Crippen LogP contribution in [-0.4, -0.2) is 16.9 Å². The highest BCUT2D eigenvalue weighted by Crippen LogP contribution is 2.24. The number of carboxylic acids is 1. The van der Waals surface area contributed by atoms with E-state index in [1.807, 2.05) is 36.4 Å². The second-order valence-electron chi connectivity index (χ2n) is 4.21. The zero-order valence-electron chi connectivity index (χ0n) is 10.0. The minimum atomic E-state index is -1.33. The Morgan fingerprint density at radius 1 is 1.29 bits per heavy atom. The summed E-state index contributed by atoms with van der Waals surface area (Å²) >= 11 is 0. The lowest BCUT2D eigenvalue weighted by molar-refractivity contribution is -0.152. The van der Waals surface area contributed by atoms with Crippen LogP contribution >= 0.6 is 0 Å². The minimum Gasteiger partial charge on any atom is -0.480 e. The van der Waals surface area contributed by atoms with Gasteiger partial charge in [0.05, 0.1) is 0 Å². The quantitative estimate of drug-likeness (QED) is 0.794. The van der Waals surface area contributed by atoms with Crippen molar-refractivity contribution >= 4 is 17.8 Å². The standard InChI is InChI=1S/C14H16O3/c1-11(15)14(2,13(16)17)10-6-9-12-7-4-3-5-8-12/h3-9H,10H2,1-2H3,(H,16,17). The number of carbonyl (C=O) groups is 2. The maximum absolute atomic E-state index is 11.3. The van der Waals surface area contributed by atoms with E-state index < -0.39 is 11.4 Å². The zero-order chi connectivity index (χ0) is 12.9. The van der Waals surface area contributed by atoms with Crippen molar-refractivity contribution in [3.8, 4) is 0 Å². The topological polar surface area (TPSA) is 54.4 Å². The molecule has 0 aliphatic carbocycles. The summed E-state index contributed by atoms with van der Waals surface area (Å²) in [7, 11) is 0. The number of carboxylic acid groups (broad SMARTS) is 1. The van der Waals surface area contributed by atoms with Gasteiger partial charge in [-0.3, -0.25) is 9.59 Å². The Bertz CT molecular complexity index is 418. The van der Waals surface area contributed by atoms with Crippen molar-refractivity contribution in [1.82, 2.24) is 0 Å². The van der Waals surface area contributed by atoms with E-state index in [0.717, 1.165) is 5.56 Å². The third-order valence-corrected chi connectivity index (χ3v) is 2.89. The molecule has 0 fully saturated rings. The summed E-state index contributed by atoms with van der Waals surface area (Å²) < 4.78 is 0. The van der Waals surface area contributed by atoms with Crippen molar-refractivity contribution < 1.29 is 14.7 Å². The first-order valence-electron chi connectivity index (χ1n) is 5.43. The maximum atomic E-state index is 11.3. The van der Waals surface area contributed by atoms with Gasteiger partial charge in [0.15, 0.2) is 0 Å². The van der Waals surface area contributed by atoms with E-state index in [-0.39, 0.29) is 12.2 Å². The highest BCUT2D eigenvalue weighted by molar-refractivity contribution is 6.01. The van der Waals surface area contributed by atoms with Crippen LogP contribution in [0, 0.1) is 5.41 Å². The van der Waals surface area contributed by atoms with Crippen LogP contribution in [0.3, 0.4) is 0 Å². The number of hydrogen-bond acceptors (Lipinski definition) is 2. The predicted molar refractivity (Wildman–Crippen MR) is 66.5 cm³/mol. The van der Waals surface area contributed by atoms with E-state index in [1.165, 1.54) is 13.8 Å². The van der Waals surface area contributed by atoms with Crippen molar-refractivity contribution in [3.63, 3.8) is 0 Å². The first-order chi connectivity index (χ1) is 7.97. The summed E-state index contributed by atoms with van der Waals surface area (Å²) in [6.45, 7) is 2.76. The van der Waals surface area contributed by atoms with Gasteiger partial charge >= 0.3 is 5.97 Å². The van der Waals surface area contributed by atoms with E-state index >= 15 is 0 Å². The van der Waals surface area contributed by atoms with Gasteiger partial charge in [0.1, 0.15) is 11.2 Å². The fraction of sp³-hybridized carbons (Fsp3) is 0.286. The molecule has 17 heavy (non-hydrogen) atoms. The predicted octanol–water partition coefficient (Wildman–Crippen LogP) is 2.77. The Labute approximate surface area is 101 Å². The minimum absolute atomic E-state index is 0.201. The van der Waals surface area contributed by atoms with Gasteiger partial charge in [-0.1, -0.05) is 42.5 Å². The first kappa shape index (κ1) is 13.2. The molecule has 0 spiro atoms. The van der Waals surface area contributed by atoms with Crippen LogP contribution in [0.1, 0.15) is 25.8 Å². The lowest BCUT2D eigenvalue weighted by Crippen LogP contribution is -2.34. The molecule has 0 amide bonds. The number of Topliss-reactive ketones (excluding diaryl/α,β-unsaturated/α-hetero) is 1. The van der Waals surface area contributed by atoms with Crippen LogP contribution in [0.4, 0.5) is 0 Å². The second-order valence-corrected chi connectivity index (χ2v) is 4.21. The van der Waals surface area contributed by atoms with Gasteiger partial charge in [0, 0.05) is 0 Å². The van der Waals surface area contributed by atoms with Crippen molar-refractivity contribution in [2.45, 2.75) is 20.3 Å². The van der Waals surface area contributed by atoms with E-state index in [4.69, 9.17) is 5.11 Å². The Balaban J connectivity index is 2.75. The van der Waals surface area contributed by atoms with Crippen molar-refractivity contribution in [1.29, 1.82) is 0 Å². The van der Waals surface area contributed by atoms with E-state index in [1.54, 1.807) is 6.08 Å². The molecular formula is C14H16O3. The van der Waals surface area contributed by atoms with Crippen molar-refractivity contribution in [3.05, 3.63) is 42.0 Å². The molecule has 0 aliphatic heterocycles. The number of hydrogen-bond donors (Lipinski definition) is 1. The summed E-state index contributed by atoms with van der Waals surface area (Å²) in [4.78, 5) is 22.4. The molecule has 1 unspecified atom stereocenters. The molecule has 1 N–H and O–H groups in total. The molecule has 0 saturated heterocycles. The van der Waals surface area contributed by atoms with E-state index in [2.05, 4.69) is 0 Å². The SMILES string of the molecule is CC(=O)C(C)(CC=Cc1ccccc1)C(=O)O. The van der Waals surface area contributed by atoms with Crippen LogP contribution in [0.25, 0.3) is 6.08 Å². The largest absolute Gasteiger partial charge is 0.480 e. The first-order valence-corrected chi connectivity index (χ1v) is 5.43. The van der Waals surface area contributed by atoms with Crippen LogP contribution < -0.4 is 0 Å². The molecule has 0 heterocycles. The molecule has 0 aromatic heterocycles. The molecule has 0 radical (unpaired) electrons. The summed E-state index contributed by atoms with van der Waals surface area (Å²) in [6, 6.07) is 9.56. The molecule has 0 aliphatic rings. The van der Waals surface area contributed by atoms with Crippen LogP contribution in [0.2, 0.25) is 0 Å². The molecular weight excluding hydrogens is 216 g/mol. The molecule has 1 rings (SSSR count). The Hall–Kier alpha value is -1.90. The Morgan fingerprint density at radius 2 is 1.88 bits per heavy atom. The van der Waals surface area contributed by atoms with E-state index in [9.17, 15) is 9.59 Å². The van der Waals surface area contributed by atoms with Crippen LogP contribution in [0.5, 0.6) is 0 Å². The lowest BCUT2D eigenvalue weighted by atomic mass is 9.83. The molecule has 90 valence electrons. The number of ketones is 1. The molecule has 1 atom stereocenters. The molecule has 3 heteroatoms. The normalized spacial score (nSPS) is 14.5. The Morgan fingerprint density at radius 3 is 2.35 bits per heavy atom. The average molecular weight is 232 g/mol. The fourth-order valence-corrected chi connectivity index (χ4v) is 1.38. The summed E-state index contributed by atoms with van der Waals surface area (Å²) in [5, 5.41) is 9.05. The highest BCUT2D eigenvalue weighted by atomic mass is 16.4. The van der Waals surface area contributed by atoms with Crippen LogP contribution in [0.15, 0.2) is 36.4 Å². The number of carbonyl (C=O) groups excluding carboxylic acids is 1.